The summed E-state index contributed by atoms with van der Waals surface area (Å²) in [6, 6.07) is 15.0. The highest BCUT2D eigenvalue weighted by atomic mass is 16.2. The lowest BCUT2D eigenvalue weighted by atomic mass is 9.52. The van der Waals surface area contributed by atoms with Gasteiger partial charge in [0.25, 0.3) is 11.8 Å². The SMILES string of the molecule is CC(C)CCN1C(=O)C(NC(=O)Nc2ccccc2)C(=O)N(CC2C3CC4CC(C3)CC2C4)c2ccccc21. The maximum Gasteiger partial charge on any atom is 0.320 e. The van der Waals surface area contributed by atoms with Gasteiger partial charge in [-0.3, -0.25) is 9.59 Å². The van der Waals surface area contributed by atoms with E-state index in [1.165, 1.54) is 32.1 Å². The first kappa shape index (κ1) is 25.9. The summed E-state index contributed by atoms with van der Waals surface area (Å²) >= 11 is 0. The van der Waals surface area contributed by atoms with Gasteiger partial charge in [-0.2, -0.15) is 0 Å². The van der Waals surface area contributed by atoms with Gasteiger partial charge < -0.3 is 20.4 Å². The van der Waals surface area contributed by atoms with Crippen LogP contribution in [-0.2, 0) is 9.59 Å². The third-order valence-electron chi connectivity index (χ3n) is 9.54. The Kier molecular flexibility index (Phi) is 7.08. The molecule has 2 aromatic rings. The predicted octanol–water partition coefficient (Wildman–Crippen LogP) is 5.67. The fraction of sp³-hybridized carbons (Fsp3) is 0.531. The summed E-state index contributed by atoms with van der Waals surface area (Å²) in [6.45, 7) is 5.35. The van der Waals surface area contributed by atoms with E-state index in [1.807, 2.05) is 47.4 Å². The number of benzene rings is 2. The summed E-state index contributed by atoms with van der Waals surface area (Å²) in [5.74, 6) is 3.10. The standard InChI is InChI=1S/C32H40N4O3/c1-20(2)12-13-35-27-10-6-7-11-28(27)36(19-26-23-15-21-14-22(17-23)18-24(26)16-21)31(38)29(30(35)37)34-32(39)33-25-8-4-3-5-9-25/h3-11,20-24,26,29H,12-19H2,1-2H3,(H2,33,34,39). The van der Waals surface area contributed by atoms with Gasteiger partial charge >= 0.3 is 6.03 Å². The van der Waals surface area contributed by atoms with E-state index in [-0.39, 0.29) is 11.8 Å². The molecule has 1 aliphatic heterocycles. The summed E-state index contributed by atoms with van der Waals surface area (Å²) in [5.41, 5.74) is 2.14. The van der Waals surface area contributed by atoms with Crippen LogP contribution in [0.2, 0.25) is 0 Å². The largest absolute Gasteiger partial charge is 0.320 e. The number of urea groups is 1. The van der Waals surface area contributed by atoms with Crippen LogP contribution >= 0.6 is 0 Å². The third kappa shape index (κ3) is 5.15. The Morgan fingerprint density at radius 3 is 2.00 bits per heavy atom. The highest BCUT2D eigenvalue weighted by Gasteiger charge is 2.50. The Morgan fingerprint density at radius 2 is 1.38 bits per heavy atom. The highest BCUT2D eigenvalue weighted by molar-refractivity contribution is 6.21. The van der Waals surface area contributed by atoms with Crippen molar-refractivity contribution in [3.05, 3.63) is 54.6 Å². The van der Waals surface area contributed by atoms with Gasteiger partial charge in [-0.05, 0) is 98.3 Å². The predicted molar refractivity (Wildman–Crippen MR) is 154 cm³/mol. The number of carbonyl (C=O) groups is 3. The molecule has 0 aromatic heterocycles. The van der Waals surface area contributed by atoms with Crippen molar-refractivity contribution in [2.45, 2.75) is 58.4 Å². The van der Waals surface area contributed by atoms with E-state index in [4.69, 9.17) is 0 Å². The Balaban J connectivity index is 1.32. The number of amides is 4. The molecule has 7 nitrogen and oxygen atoms in total. The van der Waals surface area contributed by atoms with Crippen molar-refractivity contribution in [2.75, 3.05) is 28.2 Å². The van der Waals surface area contributed by atoms with Gasteiger partial charge in [0.2, 0.25) is 0 Å². The summed E-state index contributed by atoms with van der Waals surface area (Å²) in [4.78, 5) is 44.9. The third-order valence-corrected chi connectivity index (χ3v) is 9.54. The van der Waals surface area contributed by atoms with Gasteiger partial charge in [-0.25, -0.2) is 4.79 Å². The molecule has 1 atom stereocenters. The van der Waals surface area contributed by atoms with Crippen molar-refractivity contribution in [2.24, 2.45) is 35.5 Å². The van der Waals surface area contributed by atoms with Crippen LogP contribution in [0, 0.1) is 35.5 Å². The van der Waals surface area contributed by atoms with Crippen LogP contribution in [0.5, 0.6) is 0 Å². The van der Waals surface area contributed by atoms with Crippen LogP contribution in [-0.4, -0.2) is 37.0 Å². The number of para-hydroxylation sites is 3. The van der Waals surface area contributed by atoms with Crippen molar-refractivity contribution in [1.29, 1.82) is 0 Å². The van der Waals surface area contributed by atoms with E-state index < -0.39 is 12.1 Å². The number of fused-ring (bicyclic) bond motifs is 1. The molecule has 4 saturated carbocycles. The van der Waals surface area contributed by atoms with Crippen molar-refractivity contribution in [3.8, 4) is 0 Å². The maximum absolute atomic E-state index is 14.3. The zero-order valence-corrected chi connectivity index (χ0v) is 23.0. The summed E-state index contributed by atoms with van der Waals surface area (Å²) in [5, 5.41) is 5.54. The van der Waals surface area contributed by atoms with Crippen molar-refractivity contribution in [1.82, 2.24) is 5.32 Å². The second-order valence-corrected chi connectivity index (χ2v) is 12.6. The normalized spacial score (nSPS) is 29.4. The zero-order chi connectivity index (χ0) is 27.1. The van der Waals surface area contributed by atoms with Gasteiger partial charge in [-0.1, -0.05) is 44.2 Å². The van der Waals surface area contributed by atoms with Gasteiger partial charge in [0.15, 0.2) is 6.04 Å². The summed E-state index contributed by atoms with van der Waals surface area (Å²) in [7, 11) is 0. The lowest BCUT2D eigenvalue weighted by molar-refractivity contribution is -0.129. The first-order valence-corrected chi connectivity index (χ1v) is 14.7. The Bertz CT molecular complexity index is 1200. The molecule has 1 unspecified atom stereocenters. The molecule has 2 aromatic carbocycles. The van der Waals surface area contributed by atoms with E-state index in [2.05, 4.69) is 24.5 Å². The molecule has 4 aliphatic carbocycles. The average molecular weight is 529 g/mol. The van der Waals surface area contributed by atoms with Gasteiger partial charge in [0.05, 0.1) is 11.4 Å². The van der Waals surface area contributed by atoms with Crippen molar-refractivity contribution in [3.63, 3.8) is 0 Å². The molecule has 0 spiro atoms. The summed E-state index contributed by atoms with van der Waals surface area (Å²) in [6.07, 6.45) is 7.24. The molecule has 5 aliphatic rings. The number of rotatable bonds is 7. The molecule has 0 radical (unpaired) electrons. The minimum atomic E-state index is -1.29. The molecule has 1 heterocycles. The van der Waals surface area contributed by atoms with Gasteiger partial charge in [0.1, 0.15) is 0 Å². The number of anilines is 3. The van der Waals surface area contributed by atoms with Crippen molar-refractivity contribution >= 4 is 34.9 Å². The van der Waals surface area contributed by atoms with Crippen LogP contribution in [0.15, 0.2) is 54.6 Å². The lowest BCUT2D eigenvalue weighted by Crippen LogP contribution is -2.58. The summed E-state index contributed by atoms with van der Waals surface area (Å²) < 4.78 is 0. The number of nitrogens with one attached hydrogen (secondary N) is 2. The molecular weight excluding hydrogens is 488 g/mol. The van der Waals surface area contributed by atoms with Crippen LogP contribution in [0.4, 0.5) is 21.9 Å². The molecule has 7 heteroatoms. The van der Waals surface area contributed by atoms with E-state index in [0.717, 1.165) is 29.6 Å². The number of nitrogens with zero attached hydrogens (tertiary/aromatic N) is 2. The number of hydrogen-bond donors (Lipinski definition) is 2. The Labute approximate surface area is 231 Å². The van der Waals surface area contributed by atoms with E-state index >= 15 is 0 Å². The maximum atomic E-state index is 14.3. The minimum absolute atomic E-state index is 0.337. The fourth-order valence-corrected chi connectivity index (χ4v) is 7.87. The Morgan fingerprint density at radius 1 is 0.821 bits per heavy atom. The highest BCUT2D eigenvalue weighted by Crippen LogP contribution is 2.57. The first-order valence-electron chi connectivity index (χ1n) is 14.7. The van der Waals surface area contributed by atoms with Crippen LogP contribution < -0.4 is 20.4 Å². The molecule has 2 N–H and O–H groups in total. The molecular formula is C32H40N4O3. The molecule has 4 bridgehead atoms. The molecule has 0 saturated heterocycles. The lowest BCUT2D eigenvalue weighted by Gasteiger charge is -2.55. The average Bonchev–Trinajstić information content (AvgIpc) is 2.98. The number of carbonyl (C=O) groups excluding carboxylic acids is 3. The molecule has 4 fully saturated rings. The molecule has 206 valence electrons. The van der Waals surface area contributed by atoms with Gasteiger partial charge in [0, 0.05) is 18.8 Å². The first-order chi connectivity index (χ1) is 18.9. The zero-order valence-electron chi connectivity index (χ0n) is 23.0. The van der Waals surface area contributed by atoms with Crippen LogP contribution in [0.1, 0.15) is 52.4 Å². The fourth-order valence-electron chi connectivity index (χ4n) is 7.87. The van der Waals surface area contributed by atoms with Gasteiger partial charge in [-0.15, -0.1) is 0 Å². The minimum Gasteiger partial charge on any atom is -0.318 e. The Hall–Kier alpha value is -3.35. The number of hydrogen-bond acceptors (Lipinski definition) is 3. The van der Waals surface area contributed by atoms with E-state index in [9.17, 15) is 14.4 Å². The molecule has 7 rings (SSSR count). The van der Waals surface area contributed by atoms with Crippen molar-refractivity contribution < 1.29 is 14.4 Å². The monoisotopic (exact) mass is 528 g/mol. The molecule has 39 heavy (non-hydrogen) atoms. The quantitative estimate of drug-likeness (QED) is 0.454. The topological polar surface area (TPSA) is 81.8 Å². The second kappa shape index (κ2) is 10.7. The second-order valence-electron chi connectivity index (χ2n) is 12.6. The van der Waals surface area contributed by atoms with E-state index in [1.54, 1.807) is 17.0 Å². The van der Waals surface area contributed by atoms with E-state index in [0.29, 0.717) is 42.4 Å². The molecule has 4 amide bonds. The smallest absolute Gasteiger partial charge is 0.318 e. The van der Waals surface area contributed by atoms with Crippen LogP contribution in [0.25, 0.3) is 0 Å². The van der Waals surface area contributed by atoms with Crippen LogP contribution in [0.3, 0.4) is 0 Å².